The minimum Gasteiger partial charge on any atom is -0.492 e. The Bertz CT molecular complexity index is 950. The number of carbonyl (C=O) groups is 1. The fraction of sp³-hybridized carbons (Fsp3) is 0.300. The van der Waals surface area contributed by atoms with Crippen LogP contribution in [0.25, 0.3) is 22.3 Å². The largest absolute Gasteiger partial charge is 0.492 e. The fourth-order valence-electron chi connectivity index (χ4n) is 3.50. The summed E-state index contributed by atoms with van der Waals surface area (Å²) in [5, 5.41) is 0.734. The lowest BCUT2D eigenvalue weighted by Crippen LogP contribution is -2.30. The Balaban J connectivity index is 1.56. The summed E-state index contributed by atoms with van der Waals surface area (Å²) >= 11 is 0. The molecule has 0 spiro atoms. The van der Waals surface area contributed by atoms with Gasteiger partial charge in [-0.05, 0) is 50.7 Å². The molecule has 1 atom stereocenters. The maximum atomic E-state index is 11.4. The van der Waals surface area contributed by atoms with Crippen molar-refractivity contribution in [2.75, 3.05) is 20.2 Å². The molecule has 4 rings (SSSR count). The number of benzene rings is 1. The number of likely N-dealkylation sites (N-methyl/N-ethyl adjacent to an activating group) is 1. The number of hydrogen-bond donors (Lipinski definition) is 2. The number of primary amides is 1. The Morgan fingerprint density at radius 3 is 3.04 bits per heavy atom. The second kappa shape index (κ2) is 6.80. The number of aromatic nitrogens is 2. The molecule has 1 fully saturated rings. The van der Waals surface area contributed by atoms with Crippen LogP contribution in [-0.2, 0) is 0 Å². The average Bonchev–Trinajstić information content (AvgIpc) is 3.25. The predicted octanol–water partition coefficient (Wildman–Crippen LogP) is 2.80. The van der Waals surface area contributed by atoms with Gasteiger partial charge in [0.05, 0.1) is 11.3 Å². The number of nitrogens with one attached hydrogen (secondary N) is 1. The van der Waals surface area contributed by atoms with Gasteiger partial charge in [0, 0.05) is 23.2 Å². The van der Waals surface area contributed by atoms with Crippen LogP contribution in [0.2, 0.25) is 0 Å². The molecule has 2 aromatic heterocycles. The van der Waals surface area contributed by atoms with E-state index in [-0.39, 0.29) is 0 Å². The van der Waals surface area contributed by atoms with E-state index in [9.17, 15) is 4.79 Å². The van der Waals surface area contributed by atoms with Gasteiger partial charge in [0.1, 0.15) is 18.0 Å². The highest BCUT2D eigenvalue weighted by Gasteiger charge is 2.21. The molecule has 1 amide bonds. The number of H-pyrrole nitrogens is 1. The van der Waals surface area contributed by atoms with Gasteiger partial charge >= 0.3 is 0 Å². The molecule has 1 aliphatic heterocycles. The monoisotopic (exact) mass is 350 g/mol. The van der Waals surface area contributed by atoms with Crippen molar-refractivity contribution in [3.63, 3.8) is 0 Å². The first-order chi connectivity index (χ1) is 12.6. The number of ether oxygens (including phenoxy) is 1. The van der Waals surface area contributed by atoms with Crippen LogP contribution in [0, 0.1) is 0 Å². The van der Waals surface area contributed by atoms with Crippen molar-refractivity contribution in [3.8, 4) is 17.0 Å². The van der Waals surface area contributed by atoms with E-state index in [1.807, 2.05) is 36.4 Å². The van der Waals surface area contributed by atoms with E-state index in [1.54, 1.807) is 6.20 Å². The zero-order valence-electron chi connectivity index (χ0n) is 14.7. The van der Waals surface area contributed by atoms with Crippen molar-refractivity contribution in [2.45, 2.75) is 18.9 Å². The fourth-order valence-corrected chi connectivity index (χ4v) is 3.50. The number of nitrogens with zero attached hydrogens (tertiary/aromatic N) is 2. The number of nitrogens with two attached hydrogens (primary N) is 1. The van der Waals surface area contributed by atoms with Crippen molar-refractivity contribution < 1.29 is 9.53 Å². The van der Waals surface area contributed by atoms with Crippen molar-refractivity contribution in [3.05, 3.63) is 48.2 Å². The smallest absolute Gasteiger partial charge is 0.250 e. The molecule has 1 aromatic carbocycles. The van der Waals surface area contributed by atoms with Crippen LogP contribution in [0.4, 0.5) is 0 Å². The maximum absolute atomic E-state index is 11.4. The standard InChI is InChI=1S/C20H22N4O2/c1-24-9-3-5-14(24)12-26-15-6-2-4-13(10-15)18-8-7-16-17(19(21)25)11-22-20(16)23-18/h2,4,6-8,10-11,14H,3,5,9,12H2,1H3,(H2,21,25)(H,22,23)/t14-/m0/s1. The molecule has 3 heterocycles. The molecule has 6 heteroatoms. The van der Waals surface area contributed by atoms with Crippen LogP contribution in [0.3, 0.4) is 0 Å². The van der Waals surface area contributed by atoms with E-state index in [2.05, 4.69) is 21.9 Å². The number of likely N-dealkylation sites (tertiary alicyclic amines) is 1. The number of amides is 1. The second-order valence-corrected chi connectivity index (χ2v) is 6.77. The molecule has 6 nitrogen and oxygen atoms in total. The van der Waals surface area contributed by atoms with Gasteiger partial charge in [-0.3, -0.25) is 4.79 Å². The third kappa shape index (κ3) is 3.15. The van der Waals surface area contributed by atoms with Crippen molar-refractivity contribution in [1.29, 1.82) is 0 Å². The molecular formula is C20H22N4O2. The summed E-state index contributed by atoms with van der Waals surface area (Å²) < 4.78 is 6.01. The van der Waals surface area contributed by atoms with Gasteiger partial charge in [-0.15, -0.1) is 0 Å². The van der Waals surface area contributed by atoms with Gasteiger partial charge in [-0.2, -0.15) is 0 Å². The third-order valence-electron chi connectivity index (χ3n) is 5.05. The third-order valence-corrected chi connectivity index (χ3v) is 5.05. The summed E-state index contributed by atoms with van der Waals surface area (Å²) in [6, 6.07) is 12.2. The summed E-state index contributed by atoms with van der Waals surface area (Å²) in [5.74, 6) is 0.382. The van der Waals surface area contributed by atoms with E-state index >= 15 is 0 Å². The molecule has 0 saturated carbocycles. The van der Waals surface area contributed by atoms with Crippen LogP contribution < -0.4 is 10.5 Å². The first kappa shape index (κ1) is 16.6. The lowest BCUT2D eigenvalue weighted by molar-refractivity contribution is 0.100. The predicted molar refractivity (Wildman–Crippen MR) is 101 cm³/mol. The van der Waals surface area contributed by atoms with Gasteiger partial charge in [-0.1, -0.05) is 12.1 Å². The van der Waals surface area contributed by atoms with Crippen molar-refractivity contribution in [2.24, 2.45) is 5.73 Å². The second-order valence-electron chi connectivity index (χ2n) is 6.77. The lowest BCUT2D eigenvalue weighted by Gasteiger charge is -2.19. The topological polar surface area (TPSA) is 84.2 Å². The summed E-state index contributed by atoms with van der Waals surface area (Å²) in [6.45, 7) is 1.84. The Morgan fingerprint density at radius 2 is 2.27 bits per heavy atom. The SMILES string of the molecule is CN1CCC[C@H]1COc1cccc(-c2ccc3c(C(N)=O)c[nH]c3n2)c1. The van der Waals surface area contributed by atoms with Gasteiger partial charge in [0.15, 0.2) is 0 Å². The summed E-state index contributed by atoms with van der Waals surface area (Å²) in [5.41, 5.74) is 8.28. The first-order valence-corrected chi connectivity index (χ1v) is 8.83. The Morgan fingerprint density at radius 1 is 1.38 bits per heavy atom. The Hall–Kier alpha value is -2.86. The zero-order chi connectivity index (χ0) is 18.1. The molecule has 0 bridgehead atoms. The molecule has 3 aromatic rings. The zero-order valence-corrected chi connectivity index (χ0v) is 14.7. The Kier molecular flexibility index (Phi) is 4.34. The summed E-state index contributed by atoms with van der Waals surface area (Å²) in [4.78, 5) is 21.4. The van der Waals surface area contributed by atoms with Crippen LogP contribution in [0.15, 0.2) is 42.6 Å². The molecule has 0 radical (unpaired) electrons. The van der Waals surface area contributed by atoms with Crippen LogP contribution >= 0.6 is 0 Å². The minimum atomic E-state index is -0.460. The highest BCUT2D eigenvalue weighted by Crippen LogP contribution is 2.26. The van der Waals surface area contributed by atoms with Crippen LogP contribution in [0.5, 0.6) is 5.75 Å². The number of hydrogen-bond acceptors (Lipinski definition) is 4. The van der Waals surface area contributed by atoms with Gasteiger partial charge < -0.3 is 20.4 Å². The number of aromatic amines is 1. The lowest BCUT2D eigenvalue weighted by atomic mass is 10.1. The first-order valence-electron chi connectivity index (χ1n) is 8.83. The molecule has 1 aliphatic rings. The minimum absolute atomic E-state index is 0.455. The van der Waals surface area contributed by atoms with Gasteiger partial charge in [-0.25, -0.2) is 4.98 Å². The highest BCUT2D eigenvalue weighted by atomic mass is 16.5. The summed E-state index contributed by atoms with van der Waals surface area (Å²) in [6.07, 6.45) is 4.02. The summed E-state index contributed by atoms with van der Waals surface area (Å²) in [7, 11) is 2.15. The van der Waals surface area contributed by atoms with Crippen molar-refractivity contribution in [1.82, 2.24) is 14.9 Å². The van der Waals surface area contributed by atoms with Crippen LogP contribution in [0.1, 0.15) is 23.2 Å². The van der Waals surface area contributed by atoms with Gasteiger partial charge in [0.25, 0.3) is 5.91 Å². The normalized spacial score (nSPS) is 17.7. The number of pyridine rings is 1. The van der Waals surface area contributed by atoms with E-state index in [1.165, 1.54) is 12.8 Å². The average molecular weight is 350 g/mol. The van der Waals surface area contributed by atoms with E-state index in [4.69, 9.17) is 10.5 Å². The molecule has 3 N–H and O–H groups in total. The number of carbonyl (C=O) groups excluding carboxylic acids is 1. The maximum Gasteiger partial charge on any atom is 0.250 e. The molecule has 0 aliphatic carbocycles. The van der Waals surface area contributed by atoms with E-state index in [0.29, 0.717) is 23.9 Å². The quantitative estimate of drug-likeness (QED) is 0.741. The van der Waals surface area contributed by atoms with Crippen LogP contribution in [-0.4, -0.2) is 47.0 Å². The van der Waals surface area contributed by atoms with Gasteiger partial charge in [0.2, 0.25) is 0 Å². The molecular weight excluding hydrogens is 328 g/mol. The van der Waals surface area contributed by atoms with E-state index < -0.39 is 5.91 Å². The molecule has 134 valence electrons. The van der Waals surface area contributed by atoms with Crippen molar-refractivity contribution >= 4 is 16.9 Å². The number of fused-ring (bicyclic) bond motifs is 1. The molecule has 26 heavy (non-hydrogen) atoms. The van der Waals surface area contributed by atoms with E-state index in [0.717, 1.165) is 28.9 Å². The number of rotatable bonds is 5. The molecule has 1 saturated heterocycles. The highest BCUT2D eigenvalue weighted by molar-refractivity contribution is 6.05. The molecule has 0 unspecified atom stereocenters. The Labute approximate surface area is 152 Å².